The second kappa shape index (κ2) is 12.7. The maximum Gasteiger partial charge on any atom is 0.164 e. The number of aromatic nitrogens is 3. The van der Waals surface area contributed by atoms with Gasteiger partial charge in [-0.25, -0.2) is 15.0 Å². The molecule has 0 saturated carbocycles. The van der Waals surface area contributed by atoms with Crippen molar-refractivity contribution in [3.63, 3.8) is 0 Å². The third-order valence-electron chi connectivity index (χ3n) is 6.85. The first kappa shape index (κ1) is 27.3. The number of nitrogens with zero attached hydrogens (tertiary/aromatic N) is 3. The summed E-state index contributed by atoms with van der Waals surface area (Å²) in [5.74, 6) is 2.39. The van der Waals surface area contributed by atoms with Gasteiger partial charge in [-0.15, -0.1) is 0 Å². The topological polar surface area (TPSA) is 68.1 Å². The van der Waals surface area contributed by atoms with Gasteiger partial charge in [-0.2, -0.15) is 0 Å². The molecule has 0 amide bonds. The summed E-state index contributed by atoms with van der Waals surface area (Å²) in [6.07, 6.45) is 7.10. The van der Waals surface area contributed by atoms with Crippen LogP contribution in [0.5, 0.6) is 11.5 Å². The van der Waals surface area contributed by atoms with Crippen molar-refractivity contribution < 1.29 is 9.84 Å². The summed E-state index contributed by atoms with van der Waals surface area (Å²) in [7, 11) is 0. The fraction of sp³-hybridized carbons (Fsp3) is 0.364. The van der Waals surface area contributed by atoms with Crippen molar-refractivity contribution in [2.24, 2.45) is 0 Å². The zero-order valence-electron chi connectivity index (χ0n) is 23.3. The van der Waals surface area contributed by atoms with Crippen LogP contribution in [0.3, 0.4) is 0 Å². The van der Waals surface area contributed by atoms with E-state index >= 15 is 0 Å². The SMILES string of the molecule is CCCCCCCCOc1cc(-c2nc(-c3ccc(C)cc3C)nc(-c3ccc(C)cc3C)n2)ccc1O. The van der Waals surface area contributed by atoms with Gasteiger partial charge in [0.15, 0.2) is 29.0 Å². The molecule has 0 aliphatic heterocycles. The number of phenolic OH excluding ortho intramolecular Hbond substituents is 1. The zero-order valence-corrected chi connectivity index (χ0v) is 23.3. The minimum Gasteiger partial charge on any atom is -0.504 e. The number of aromatic hydroxyl groups is 1. The molecule has 4 rings (SSSR count). The lowest BCUT2D eigenvalue weighted by atomic mass is 10.0. The standard InChI is InChI=1S/C33H39N3O2/c1-6-7-8-9-10-11-18-38-30-21-26(14-17-29(30)37)31-34-32(27-15-12-22(2)19-24(27)4)36-33(35-31)28-16-13-23(3)20-25(28)5/h12-17,19-21,37H,6-11,18H2,1-5H3. The van der Waals surface area contributed by atoms with E-state index in [1.165, 1.54) is 36.8 Å². The Bertz CT molecular complexity index is 1330. The minimum atomic E-state index is 0.123. The number of aryl methyl sites for hydroxylation is 4. The first-order chi connectivity index (χ1) is 18.4. The number of benzene rings is 3. The van der Waals surface area contributed by atoms with Gasteiger partial charge in [-0.1, -0.05) is 86.6 Å². The predicted molar refractivity (Wildman–Crippen MR) is 156 cm³/mol. The first-order valence-electron chi connectivity index (χ1n) is 13.7. The lowest BCUT2D eigenvalue weighted by Gasteiger charge is -2.13. The lowest BCUT2D eigenvalue weighted by molar-refractivity contribution is 0.289. The Morgan fingerprint density at radius 2 is 1.18 bits per heavy atom. The van der Waals surface area contributed by atoms with Crippen molar-refractivity contribution in [2.45, 2.75) is 73.1 Å². The minimum absolute atomic E-state index is 0.123. The Labute approximate surface area is 227 Å². The van der Waals surface area contributed by atoms with Crippen molar-refractivity contribution in [2.75, 3.05) is 6.61 Å². The Morgan fingerprint density at radius 1 is 0.632 bits per heavy atom. The molecule has 0 aliphatic carbocycles. The van der Waals surface area contributed by atoms with Crippen LogP contribution in [0, 0.1) is 27.7 Å². The summed E-state index contributed by atoms with van der Waals surface area (Å²) in [4.78, 5) is 14.7. The largest absolute Gasteiger partial charge is 0.504 e. The second-order valence-electron chi connectivity index (χ2n) is 10.2. The number of phenols is 1. The fourth-order valence-electron chi connectivity index (χ4n) is 4.71. The van der Waals surface area contributed by atoms with Gasteiger partial charge in [0.1, 0.15) is 0 Å². The highest BCUT2D eigenvalue weighted by atomic mass is 16.5. The maximum atomic E-state index is 10.5. The van der Waals surface area contributed by atoms with E-state index < -0.39 is 0 Å². The van der Waals surface area contributed by atoms with Crippen LogP contribution in [-0.2, 0) is 0 Å². The molecule has 0 radical (unpaired) electrons. The van der Waals surface area contributed by atoms with E-state index in [-0.39, 0.29) is 5.75 Å². The van der Waals surface area contributed by atoms with Crippen molar-refractivity contribution in [1.82, 2.24) is 15.0 Å². The molecule has 1 aromatic heterocycles. The Kier molecular flexibility index (Phi) is 9.11. The molecule has 0 bridgehead atoms. The number of hydrogen-bond acceptors (Lipinski definition) is 5. The van der Waals surface area contributed by atoms with Crippen LogP contribution in [0.2, 0.25) is 0 Å². The number of rotatable bonds is 11. The lowest BCUT2D eigenvalue weighted by Crippen LogP contribution is -2.03. The number of unbranched alkanes of at least 4 members (excludes halogenated alkanes) is 5. The van der Waals surface area contributed by atoms with Gasteiger partial charge in [0.05, 0.1) is 6.61 Å². The van der Waals surface area contributed by atoms with Crippen LogP contribution in [-0.4, -0.2) is 26.7 Å². The van der Waals surface area contributed by atoms with Gasteiger partial charge >= 0.3 is 0 Å². The van der Waals surface area contributed by atoms with Crippen molar-refractivity contribution in [1.29, 1.82) is 0 Å². The smallest absolute Gasteiger partial charge is 0.164 e. The van der Waals surface area contributed by atoms with Gasteiger partial charge in [-0.3, -0.25) is 0 Å². The molecule has 0 aliphatic rings. The molecule has 5 nitrogen and oxygen atoms in total. The van der Waals surface area contributed by atoms with E-state index in [4.69, 9.17) is 19.7 Å². The van der Waals surface area contributed by atoms with Gasteiger partial charge in [0, 0.05) is 16.7 Å². The van der Waals surface area contributed by atoms with E-state index in [9.17, 15) is 5.11 Å². The molecular formula is C33H39N3O2. The summed E-state index contributed by atoms with van der Waals surface area (Å²) < 4.78 is 5.98. The van der Waals surface area contributed by atoms with Crippen molar-refractivity contribution in [3.8, 4) is 45.7 Å². The predicted octanol–water partition coefficient (Wildman–Crippen LogP) is 8.55. The highest BCUT2D eigenvalue weighted by Crippen LogP contribution is 2.33. The third-order valence-corrected chi connectivity index (χ3v) is 6.85. The van der Waals surface area contributed by atoms with E-state index in [0.29, 0.717) is 29.8 Å². The van der Waals surface area contributed by atoms with Crippen molar-refractivity contribution in [3.05, 3.63) is 76.9 Å². The highest BCUT2D eigenvalue weighted by Gasteiger charge is 2.16. The fourth-order valence-corrected chi connectivity index (χ4v) is 4.71. The molecule has 0 fully saturated rings. The Morgan fingerprint density at radius 3 is 1.76 bits per heavy atom. The van der Waals surface area contributed by atoms with Crippen LogP contribution in [0.15, 0.2) is 54.6 Å². The summed E-state index contributed by atoms with van der Waals surface area (Å²) in [5, 5.41) is 10.5. The van der Waals surface area contributed by atoms with E-state index in [2.05, 4.69) is 71.0 Å². The molecule has 5 heteroatoms. The number of hydrogen-bond donors (Lipinski definition) is 1. The van der Waals surface area contributed by atoms with Crippen molar-refractivity contribution >= 4 is 0 Å². The van der Waals surface area contributed by atoms with E-state index in [1.807, 2.05) is 12.1 Å². The average molecular weight is 510 g/mol. The molecule has 198 valence electrons. The van der Waals surface area contributed by atoms with E-state index in [0.717, 1.165) is 40.7 Å². The summed E-state index contributed by atoms with van der Waals surface area (Å²) in [6, 6.07) is 17.9. The molecule has 1 N–H and O–H groups in total. The van der Waals surface area contributed by atoms with Crippen LogP contribution in [0.1, 0.15) is 67.7 Å². The summed E-state index contributed by atoms with van der Waals surface area (Å²) in [6.45, 7) is 11.1. The van der Waals surface area contributed by atoms with Gasteiger partial charge in [0.25, 0.3) is 0 Å². The molecule has 0 atom stereocenters. The molecule has 3 aromatic carbocycles. The molecule has 0 saturated heterocycles. The first-order valence-corrected chi connectivity index (χ1v) is 13.7. The Hall–Kier alpha value is -3.73. The van der Waals surface area contributed by atoms with Crippen LogP contribution in [0.4, 0.5) is 0 Å². The quantitative estimate of drug-likeness (QED) is 0.205. The van der Waals surface area contributed by atoms with Crippen LogP contribution >= 0.6 is 0 Å². The molecule has 38 heavy (non-hydrogen) atoms. The Balaban J connectivity index is 1.69. The zero-order chi connectivity index (χ0) is 27.1. The third kappa shape index (κ3) is 6.77. The number of ether oxygens (including phenoxy) is 1. The summed E-state index contributed by atoms with van der Waals surface area (Å²) in [5.41, 5.74) is 7.35. The normalized spacial score (nSPS) is 11.1. The highest BCUT2D eigenvalue weighted by molar-refractivity contribution is 5.70. The average Bonchev–Trinajstić information content (AvgIpc) is 2.89. The molecule has 0 spiro atoms. The molecule has 0 unspecified atom stereocenters. The monoisotopic (exact) mass is 509 g/mol. The summed E-state index contributed by atoms with van der Waals surface area (Å²) >= 11 is 0. The molecule has 4 aromatic rings. The van der Waals surface area contributed by atoms with Gasteiger partial charge in [-0.05, 0) is 63.4 Å². The maximum absolute atomic E-state index is 10.5. The molecule has 1 heterocycles. The van der Waals surface area contributed by atoms with Gasteiger partial charge < -0.3 is 9.84 Å². The van der Waals surface area contributed by atoms with Gasteiger partial charge in [0.2, 0.25) is 0 Å². The van der Waals surface area contributed by atoms with E-state index in [1.54, 1.807) is 6.07 Å². The van der Waals surface area contributed by atoms with Crippen LogP contribution in [0.25, 0.3) is 34.2 Å². The second-order valence-corrected chi connectivity index (χ2v) is 10.2. The molecular weight excluding hydrogens is 470 g/mol. The van der Waals surface area contributed by atoms with Crippen LogP contribution < -0.4 is 4.74 Å².